The molecule has 1 atom stereocenters. The molecule has 3 amide bonds. The van der Waals surface area contributed by atoms with Crippen LogP contribution in [0.4, 0.5) is 16.3 Å². The molecule has 1 aromatic carbocycles. The third-order valence-corrected chi connectivity index (χ3v) is 9.16. The maximum absolute atomic E-state index is 13.2. The molecular weight excluding hydrogens is 516 g/mol. The Morgan fingerprint density at radius 3 is 2.59 bits per heavy atom. The van der Waals surface area contributed by atoms with Crippen LogP contribution >= 0.6 is 0 Å². The molecule has 2 N–H and O–H groups in total. The first-order chi connectivity index (χ1) is 19.6. The molecule has 1 saturated carbocycles. The SMILES string of the molecule is CCC(C)(C)CCCNC(=O)Nc1ccc(-c2nc3c(c(N4CCOCC4C)n2)CCN(C(=O)C2(C)CC2)C3)cc1. The summed E-state index contributed by atoms with van der Waals surface area (Å²) in [6.45, 7) is 14.9. The molecule has 1 aromatic heterocycles. The lowest BCUT2D eigenvalue weighted by Gasteiger charge is -2.38. The van der Waals surface area contributed by atoms with Gasteiger partial charge in [-0.05, 0) is 68.7 Å². The number of amides is 3. The number of aromatic nitrogens is 2. The summed E-state index contributed by atoms with van der Waals surface area (Å²) in [5.74, 6) is 1.84. The summed E-state index contributed by atoms with van der Waals surface area (Å²) in [6, 6.07) is 7.68. The van der Waals surface area contributed by atoms with Gasteiger partial charge in [-0.3, -0.25) is 4.79 Å². The number of carbonyl (C=O) groups excluding carboxylic acids is 2. The van der Waals surface area contributed by atoms with Crippen LogP contribution in [-0.2, 0) is 22.5 Å². The van der Waals surface area contributed by atoms with Crippen LogP contribution in [0.5, 0.6) is 0 Å². The first kappa shape index (κ1) is 29.3. The number of urea groups is 1. The Kier molecular flexibility index (Phi) is 8.55. The van der Waals surface area contributed by atoms with E-state index in [0.717, 1.165) is 73.4 Å². The van der Waals surface area contributed by atoms with Crippen LogP contribution < -0.4 is 15.5 Å². The molecule has 9 nitrogen and oxygen atoms in total. The number of ether oxygens (including phenoxy) is 1. The molecule has 5 rings (SSSR count). The zero-order valence-corrected chi connectivity index (χ0v) is 25.4. The van der Waals surface area contributed by atoms with E-state index in [-0.39, 0.29) is 23.4 Å². The first-order valence-electron chi connectivity index (χ1n) is 15.3. The Morgan fingerprint density at radius 2 is 1.90 bits per heavy atom. The predicted molar refractivity (Wildman–Crippen MR) is 162 cm³/mol. The number of benzene rings is 1. The smallest absolute Gasteiger partial charge is 0.319 e. The monoisotopic (exact) mass is 562 g/mol. The number of morpholine rings is 1. The van der Waals surface area contributed by atoms with E-state index in [1.165, 1.54) is 0 Å². The summed E-state index contributed by atoms with van der Waals surface area (Å²) >= 11 is 0. The van der Waals surface area contributed by atoms with Crippen LogP contribution in [0.15, 0.2) is 24.3 Å². The highest BCUT2D eigenvalue weighted by Crippen LogP contribution is 2.47. The Bertz CT molecular complexity index is 1260. The number of nitrogens with one attached hydrogen (secondary N) is 2. The van der Waals surface area contributed by atoms with Crippen molar-refractivity contribution in [3.8, 4) is 11.4 Å². The van der Waals surface area contributed by atoms with Gasteiger partial charge in [0.2, 0.25) is 5.91 Å². The minimum Gasteiger partial charge on any atom is -0.377 e. The average molecular weight is 563 g/mol. The van der Waals surface area contributed by atoms with Gasteiger partial charge in [0.05, 0.1) is 31.5 Å². The number of hydrogen-bond donors (Lipinski definition) is 2. The van der Waals surface area contributed by atoms with Crippen LogP contribution in [-0.4, -0.2) is 65.7 Å². The van der Waals surface area contributed by atoms with Gasteiger partial charge in [-0.1, -0.05) is 34.1 Å². The van der Waals surface area contributed by atoms with Crippen molar-refractivity contribution in [2.75, 3.05) is 43.1 Å². The minimum atomic E-state index is -0.199. The van der Waals surface area contributed by atoms with E-state index < -0.39 is 0 Å². The number of fused-ring (bicyclic) bond motifs is 1. The fourth-order valence-electron chi connectivity index (χ4n) is 5.60. The van der Waals surface area contributed by atoms with Crippen molar-refractivity contribution in [3.63, 3.8) is 0 Å². The number of carbonyl (C=O) groups is 2. The molecule has 1 aliphatic carbocycles. The van der Waals surface area contributed by atoms with Crippen LogP contribution in [0, 0.1) is 10.8 Å². The molecule has 222 valence electrons. The average Bonchev–Trinajstić information content (AvgIpc) is 3.73. The minimum absolute atomic E-state index is 0.198. The van der Waals surface area contributed by atoms with E-state index >= 15 is 0 Å². The van der Waals surface area contributed by atoms with Crippen molar-refractivity contribution >= 4 is 23.4 Å². The van der Waals surface area contributed by atoms with E-state index in [9.17, 15) is 9.59 Å². The topological polar surface area (TPSA) is 99.7 Å². The lowest BCUT2D eigenvalue weighted by molar-refractivity contribution is -0.137. The summed E-state index contributed by atoms with van der Waals surface area (Å²) < 4.78 is 5.70. The summed E-state index contributed by atoms with van der Waals surface area (Å²) in [7, 11) is 0. The van der Waals surface area contributed by atoms with Gasteiger partial charge in [0, 0.05) is 41.9 Å². The highest BCUT2D eigenvalue weighted by molar-refractivity contribution is 5.89. The van der Waals surface area contributed by atoms with Gasteiger partial charge in [-0.2, -0.15) is 0 Å². The Morgan fingerprint density at radius 1 is 1.15 bits per heavy atom. The predicted octanol–water partition coefficient (Wildman–Crippen LogP) is 5.39. The molecule has 9 heteroatoms. The normalized spacial score (nSPS) is 19.9. The largest absolute Gasteiger partial charge is 0.377 e. The molecule has 3 heterocycles. The molecule has 2 aliphatic heterocycles. The van der Waals surface area contributed by atoms with Gasteiger partial charge in [0.25, 0.3) is 0 Å². The van der Waals surface area contributed by atoms with Crippen LogP contribution in [0.25, 0.3) is 11.4 Å². The third kappa shape index (κ3) is 6.83. The standard InChI is InChI=1S/C32H46N6O3/c1-6-31(3,4)13-7-16-33-30(40)34-24-10-8-23(9-11-24)27-35-26-20-37(29(39)32(5)14-15-32)17-12-25(26)28(36-27)38-18-19-41-21-22(38)2/h8-11,22H,6-7,12-21H2,1-5H3,(H2,33,34,40). The number of anilines is 2. The molecule has 0 spiro atoms. The van der Waals surface area contributed by atoms with Crippen molar-refractivity contribution in [3.05, 3.63) is 35.5 Å². The van der Waals surface area contributed by atoms with Crippen molar-refractivity contribution in [1.29, 1.82) is 0 Å². The van der Waals surface area contributed by atoms with Crippen LogP contribution in [0.2, 0.25) is 0 Å². The van der Waals surface area contributed by atoms with E-state index in [2.05, 4.69) is 50.2 Å². The molecule has 3 aliphatic rings. The Balaban J connectivity index is 1.32. The van der Waals surface area contributed by atoms with E-state index in [0.29, 0.717) is 44.1 Å². The second-order valence-electron chi connectivity index (χ2n) is 13.0. The molecule has 0 bridgehead atoms. The zero-order valence-electron chi connectivity index (χ0n) is 25.4. The van der Waals surface area contributed by atoms with E-state index in [4.69, 9.17) is 14.7 Å². The van der Waals surface area contributed by atoms with Gasteiger partial charge >= 0.3 is 6.03 Å². The van der Waals surface area contributed by atoms with E-state index in [1.807, 2.05) is 29.2 Å². The number of hydrogen-bond acceptors (Lipinski definition) is 6. The molecule has 1 saturated heterocycles. The van der Waals surface area contributed by atoms with Gasteiger partial charge < -0.3 is 25.2 Å². The van der Waals surface area contributed by atoms with Crippen molar-refractivity contribution < 1.29 is 14.3 Å². The van der Waals surface area contributed by atoms with Crippen molar-refractivity contribution in [2.24, 2.45) is 10.8 Å². The fraction of sp³-hybridized carbons (Fsp3) is 0.625. The maximum atomic E-state index is 13.2. The highest BCUT2D eigenvalue weighted by Gasteiger charge is 2.47. The number of nitrogens with zero attached hydrogens (tertiary/aromatic N) is 4. The lowest BCUT2D eigenvalue weighted by Crippen LogP contribution is -2.46. The fourth-order valence-corrected chi connectivity index (χ4v) is 5.60. The summed E-state index contributed by atoms with van der Waals surface area (Å²) in [5, 5.41) is 5.89. The summed E-state index contributed by atoms with van der Waals surface area (Å²) in [5.41, 5.74) is 3.77. The molecule has 2 fully saturated rings. The first-order valence-corrected chi connectivity index (χ1v) is 15.3. The Labute approximate surface area is 244 Å². The second-order valence-corrected chi connectivity index (χ2v) is 13.0. The second kappa shape index (κ2) is 12.0. The number of rotatable bonds is 9. The molecule has 1 unspecified atom stereocenters. The van der Waals surface area contributed by atoms with Crippen LogP contribution in [0.1, 0.15) is 78.0 Å². The van der Waals surface area contributed by atoms with Crippen molar-refractivity contribution in [1.82, 2.24) is 20.2 Å². The zero-order chi connectivity index (χ0) is 29.2. The van der Waals surface area contributed by atoms with Crippen molar-refractivity contribution in [2.45, 2.75) is 85.7 Å². The van der Waals surface area contributed by atoms with Crippen LogP contribution in [0.3, 0.4) is 0 Å². The summed E-state index contributed by atoms with van der Waals surface area (Å²) in [6.07, 6.45) is 5.85. The summed E-state index contributed by atoms with van der Waals surface area (Å²) in [4.78, 5) is 40.0. The van der Waals surface area contributed by atoms with Gasteiger partial charge in [-0.15, -0.1) is 0 Å². The molecule has 2 aromatic rings. The molecular formula is C32H46N6O3. The van der Waals surface area contributed by atoms with E-state index in [1.54, 1.807) is 0 Å². The highest BCUT2D eigenvalue weighted by atomic mass is 16.5. The lowest BCUT2D eigenvalue weighted by atomic mass is 9.85. The molecule has 0 radical (unpaired) electrons. The molecule has 41 heavy (non-hydrogen) atoms. The Hall–Kier alpha value is -3.20. The van der Waals surface area contributed by atoms with Gasteiger partial charge in [0.1, 0.15) is 5.82 Å². The third-order valence-electron chi connectivity index (χ3n) is 9.16. The van der Waals surface area contributed by atoms with Gasteiger partial charge in [0.15, 0.2) is 5.82 Å². The van der Waals surface area contributed by atoms with Gasteiger partial charge in [-0.25, -0.2) is 14.8 Å². The maximum Gasteiger partial charge on any atom is 0.319 e. The quantitative estimate of drug-likeness (QED) is 0.398.